The summed E-state index contributed by atoms with van der Waals surface area (Å²) in [5.41, 5.74) is 3.35. The average molecular weight is 205 g/mol. The summed E-state index contributed by atoms with van der Waals surface area (Å²) in [5, 5.41) is 0. The van der Waals surface area contributed by atoms with Gasteiger partial charge in [0, 0.05) is 1.43 Å². The number of rotatable bonds is 0. The van der Waals surface area contributed by atoms with Gasteiger partial charge in [-0.1, -0.05) is 45.8 Å². The minimum atomic E-state index is 0. The third-order valence-electron chi connectivity index (χ3n) is 2.73. The van der Waals surface area contributed by atoms with Crippen LogP contribution in [0.1, 0.15) is 63.7 Å². The first-order chi connectivity index (χ1) is 5.59. The molecule has 0 heterocycles. The fourth-order valence-electron chi connectivity index (χ4n) is 0. The minimum Gasteiger partial charge on any atom is -0.412 e. The predicted molar refractivity (Wildman–Crippen MR) is 69.7 cm³/mol. The van der Waals surface area contributed by atoms with Crippen LogP contribution >= 0.6 is 0 Å². The Hall–Kier alpha value is -0.300. The Morgan fingerprint density at radius 1 is 0.857 bits per heavy atom. The highest BCUT2D eigenvalue weighted by Crippen LogP contribution is 2.23. The fraction of sp³-hybridized carbons (Fsp3) is 0.846. The molecule has 0 aliphatic rings. The maximum atomic E-state index is 2.26. The van der Waals surface area contributed by atoms with E-state index in [4.69, 9.17) is 0 Å². The molecule has 0 unspecified atom stereocenters. The monoisotopic (exact) mass is 205 g/mol. The summed E-state index contributed by atoms with van der Waals surface area (Å²) < 4.78 is 0. The van der Waals surface area contributed by atoms with Crippen molar-refractivity contribution in [1.29, 1.82) is 0 Å². The molecule has 1 nitrogen and oxygen atoms in total. The van der Waals surface area contributed by atoms with E-state index in [1.54, 1.807) is 0 Å². The fourth-order valence-corrected chi connectivity index (χ4v) is 0. The third kappa shape index (κ3) is 14.2. The van der Waals surface area contributed by atoms with Crippen LogP contribution in [0.3, 0.4) is 0 Å². The molecule has 1 heteroatoms. The van der Waals surface area contributed by atoms with Crippen molar-refractivity contribution in [1.82, 2.24) is 0 Å². The molecule has 0 saturated heterocycles. The highest BCUT2D eigenvalue weighted by molar-refractivity contribution is 5.02. The number of allylic oxidation sites excluding steroid dienone is 2. The first kappa shape index (κ1) is 19.3. The molecule has 2 N–H and O–H groups in total. The van der Waals surface area contributed by atoms with Crippen molar-refractivity contribution in [3.63, 3.8) is 0 Å². The Morgan fingerprint density at radius 2 is 1.00 bits per heavy atom. The average Bonchev–Trinajstić information content (AvgIpc) is 1.86. The standard InChI is InChI=1S/C7H16.C6H12.H2O.H2/c1-6(2)7(3,4)5;1-5(2)6(3)4;;/h6H,1-5H3;1-4H3;1H2;1H/i;;;1+1. The second-order valence-electron chi connectivity index (χ2n) is 5.52. The van der Waals surface area contributed by atoms with Gasteiger partial charge >= 0.3 is 0 Å². The molecule has 14 heavy (non-hydrogen) atoms. The lowest BCUT2D eigenvalue weighted by atomic mass is 9.84. The molecule has 0 fully saturated rings. The molecule has 90 valence electrons. The maximum absolute atomic E-state index is 2.26. The van der Waals surface area contributed by atoms with Crippen LogP contribution in [0.4, 0.5) is 0 Å². The van der Waals surface area contributed by atoms with Crippen molar-refractivity contribution in [3.05, 3.63) is 11.1 Å². The molecule has 0 spiro atoms. The highest BCUT2D eigenvalue weighted by Gasteiger charge is 2.13. The van der Waals surface area contributed by atoms with Gasteiger partial charge in [0.2, 0.25) is 0 Å². The van der Waals surface area contributed by atoms with Gasteiger partial charge in [0.05, 0.1) is 0 Å². The summed E-state index contributed by atoms with van der Waals surface area (Å²) in [6.07, 6.45) is 0. The van der Waals surface area contributed by atoms with Gasteiger partial charge in [-0.15, -0.1) is 0 Å². The molecule has 0 aliphatic carbocycles. The van der Waals surface area contributed by atoms with Gasteiger partial charge in [-0.3, -0.25) is 0 Å². The lowest BCUT2D eigenvalue weighted by molar-refractivity contribution is 0.283. The Labute approximate surface area is 92.4 Å². The Kier molecular flexibility index (Phi) is 11.1. The normalized spacial score (nSPS) is 9.86. The molecular weight excluding hydrogens is 172 g/mol. The summed E-state index contributed by atoms with van der Waals surface area (Å²) >= 11 is 0. The Balaban J connectivity index is -0.0000000718. The molecule has 0 atom stereocenters. The van der Waals surface area contributed by atoms with Gasteiger partial charge in [0.1, 0.15) is 0 Å². The van der Waals surface area contributed by atoms with Gasteiger partial charge in [0.15, 0.2) is 0 Å². The molecule has 0 saturated carbocycles. The van der Waals surface area contributed by atoms with Crippen LogP contribution in [0, 0.1) is 11.3 Å². The lowest BCUT2D eigenvalue weighted by Crippen LogP contribution is -2.12. The third-order valence-corrected chi connectivity index (χ3v) is 2.73. The Bertz CT molecular complexity index is 146. The summed E-state index contributed by atoms with van der Waals surface area (Å²) in [6.45, 7) is 19.8. The van der Waals surface area contributed by atoms with Gasteiger partial charge in [0.25, 0.3) is 0 Å². The van der Waals surface area contributed by atoms with E-state index in [1.165, 1.54) is 11.1 Å². The first-order valence-electron chi connectivity index (χ1n) is 5.19. The summed E-state index contributed by atoms with van der Waals surface area (Å²) in [4.78, 5) is 0. The Morgan fingerprint density at radius 3 is 1.00 bits per heavy atom. The van der Waals surface area contributed by atoms with Crippen LogP contribution in [-0.4, -0.2) is 5.48 Å². The number of hydrogen-bond donors (Lipinski definition) is 0. The van der Waals surface area contributed by atoms with Crippen LogP contribution in [0.15, 0.2) is 11.1 Å². The van der Waals surface area contributed by atoms with E-state index < -0.39 is 0 Å². The molecule has 0 amide bonds. The SMILES string of the molecule is CC(C)=C(C)C.CC(C)C(C)(C)C.O.[2HH]. The van der Waals surface area contributed by atoms with E-state index in [0.29, 0.717) is 5.41 Å². The quantitative estimate of drug-likeness (QED) is 0.522. The lowest BCUT2D eigenvalue weighted by Gasteiger charge is -2.22. The van der Waals surface area contributed by atoms with Gasteiger partial charge in [-0.05, 0) is 39.0 Å². The van der Waals surface area contributed by atoms with E-state index in [1.807, 2.05) is 0 Å². The van der Waals surface area contributed by atoms with Gasteiger partial charge in [-0.25, -0.2) is 0 Å². The van der Waals surface area contributed by atoms with E-state index in [-0.39, 0.29) is 6.90 Å². The largest absolute Gasteiger partial charge is 0.412 e. The van der Waals surface area contributed by atoms with E-state index >= 15 is 0 Å². The summed E-state index contributed by atoms with van der Waals surface area (Å²) in [6, 6.07) is 0. The molecule has 0 aliphatic heterocycles. The van der Waals surface area contributed by atoms with Crippen molar-refractivity contribution in [2.24, 2.45) is 11.3 Å². The van der Waals surface area contributed by atoms with Crippen molar-refractivity contribution < 1.29 is 6.90 Å². The second kappa shape index (κ2) is 8.05. The van der Waals surface area contributed by atoms with E-state index in [2.05, 4.69) is 62.3 Å². The van der Waals surface area contributed by atoms with Crippen LogP contribution in [0.5, 0.6) is 0 Å². The van der Waals surface area contributed by atoms with E-state index in [9.17, 15) is 0 Å². The number of hydrogen-bond acceptors (Lipinski definition) is 0. The van der Waals surface area contributed by atoms with E-state index in [0.717, 1.165) is 5.92 Å². The van der Waals surface area contributed by atoms with Crippen molar-refractivity contribution in [2.75, 3.05) is 0 Å². The van der Waals surface area contributed by atoms with Crippen LogP contribution in [-0.2, 0) is 0 Å². The van der Waals surface area contributed by atoms with Crippen molar-refractivity contribution >= 4 is 0 Å². The molecule has 0 aromatic heterocycles. The van der Waals surface area contributed by atoms with Crippen LogP contribution in [0.25, 0.3) is 0 Å². The van der Waals surface area contributed by atoms with Crippen LogP contribution in [0.2, 0.25) is 0 Å². The second-order valence-corrected chi connectivity index (χ2v) is 5.52. The van der Waals surface area contributed by atoms with Crippen molar-refractivity contribution in [2.45, 2.75) is 62.3 Å². The molecule has 0 bridgehead atoms. The first-order valence-corrected chi connectivity index (χ1v) is 5.19. The molecule has 0 aromatic carbocycles. The van der Waals surface area contributed by atoms with Gasteiger partial charge in [-0.2, -0.15) is 0 Å². The van der Waals surface area contributed by atoms with Gasteiger partial charge < -0.3 is 5.48 Å². The minimum absolute atomic E-state index is 0. The zero-order valence-corrected chi connectivity index (χ0v) is 11.6. The smallest absolute Gasteiger partial charge is 0 e. The molecule has 0 rings (SSSR count). The van der Waals surface area contributed by atoms with Crippen LogP contribution < -0.4 is 0 Å². The molecule has 0 aromatic rings. The predicted octanol–water partition coefficient (Wildman–Crippen LogP) is 4.47. The zero-order chi connectivity index (χ0) is 11.2. The summed E-state index contributed by atoms with van der Waals surface area (Å²) in [7, 11) is 0. The van der Waals surface area contributed by atoms with Crippen molar-refractivity contribution in [3.8, 4) is 0 Å². The molecule has 0 radical (unpaired) electrons. The highest BCUT2D eigenvalue weighted by atomic mass is 16.0. The maximum Gasteiger partial charge on any atom is 0 e. The zero-order valence-electron chi connectivity index (χ0n) is 11.6. The summed E-state index contributed by atoms with van der Waals surface area (Å²) in [5.74, 6) is 0.799. The topological polar surface area (TPSA) is 31.5 Å². The molecular formula is C13H32O.